The molecule has 1 aromatic heterocycles. The summed E-state index contributed by atoms with van der Waals surface area (Å²) < 4.78 is 0. The minimum absolute atomic E-state index is 0.399. The van der Waals surface area contributed by atoms with Crippen molar-refractivity contribution in [1.82, 2.24) is 10.2 Å². The van der Waals surface area contributed by atoms with Gasteiger partial charge in [0.15, 0.2) is 0 Å². The zero-order valence-electron chi connectivity index (χ0n) is 11.9. The van der Waals surface area contributed by atoms with Gasteiger partial charge >= 0.3 is 0 Å². The number of rotatable bonds is 2. The molecule has 3 N–H and O–H groups in total. The minimum Gasteiger partial charge on any atom is -0.328 e. The molecule has 1 aliphatic carbocycles. The van der Waals surface area contributed by atoms with Crippen LogP contribution in [0.15, 0.2) is 23.2 Å². The molecule has 1 fully saturated rings. The van der Waals surface area contributed by atoms with Crippen molar-refractivity contribution in [2.24, 2.45) is 10.7 Å². The van der Waals surface area contributed by atoms with Gasteiger partial charge in [0.05, 0.1) is 12.3 Å². The van der Waals surface area contributed by atoms with Gasteiger partial charge in [-0.1, -0.05) is 19.9 Å². The molecule has 0 bridgehead atoms. The van der Waals surface area contributed by atoms with E-state index in [9.17, 15) is 0 Å². The fraction of sp³-hybridized carbons (Fsp3) is 0.600. The van der Waals surface area contributed by atoms with E-state index in [1.54, 1.807) is 0 Å². The Kier molecular flexibility index (Phi) is 4.91. The van der Waals surface area contributed by atoms with Gasteiger partial charge in [-0.05, 0) is 37.8 Å². The number of aromatic amines is 1. The second-order valence-electron chi connectivity index (χ2n) is 4.95. The molecule has 0 aromatic carbocycles. The molecule has 19 heavy (non-hydrogen) atoms. The van der Waals surface area contributed by atoms with Crippen LogP contribution in [0.5, 0.6) is 0 Å². The fourth-order valence-electron chi connectivity index (χ4n) is 2.64. The van der Waals surface area contributed by atoms with E-state index < -0.39 is 0 Å². The number of nitrogens with one attached hydrogen (secondary N) is 1. The van der Waals surface area contributed by atoms with Crippen molar-refractivity contribution in [1.29, 1.82) is 0 Å². The molecule has 0 radical (unpaired) electrons. The Morgan fingerprint density at radius 3 is 2.58 bits per heavy atom. The van der Waals surface area contributed by atoms with E-state index in [2.05, 4.69) is 27.3 Å². The third-order valence-corrected chi connectivity index (χ3v) is 3.71. The summed E-state index contributed by atoms with van der Waals surface area (Å²) in [7, 11) is 0. The van der Waals surface area contributed by atoms with Gasteiger partial charge in [0.25, 0.3) is 0 Å². The average molecular weight is 260 g/mol. The summed E-state index contributed by atoms with van der Waals surface area (Å²) in [5.74, 6) is 0.599. The van der Waals surface area contributed by atoms with E-state index in [0.29, 0.717) is 12.0 Å². The second kappa shape index (κ2) is 6.66. The van der Waals surface area contributed by atoms with E-state index in [1.165, 1.54) is 18.5 Å². The van der Waals surface area contributed by atoms with Gasteiger partial charge in [-0.25, -0.2) is 0 Å². The van der Waals surface area contributed by atoms with E-state index in [1.807, 2.05) is 19.9 Å². The molecule has 1 aliphatic heterocycles. The van der Waals surface area contributed by atoms with E-state index in [-0.39, 0.29) is 0 Å². The highest BCUT2D eigenvalue weighted by Gasteiger charge is 2.22. The Hall–Kier alpha value is -1.42. The smallest absolute Gasteiger partial charge is 0.110 e. The van der Waals surface area contributed by atoms with Crippen molar-refractivity contribution in [3.63, 3.8) is 0 Å². The average Bonchev–Trinajstić information content (AvgIpc) is 3.13. The van der Waals surface area contributed by atoms with Crippen molar-refractivity contribution >= 4 is 5.71 Å². The molecule has 104 valence electrons. The second-order valence-corrected chi connectivity index (χ2v) is 4.95. The summed E-state index contributed by atoms with van der Waals surface area (Å²) in [6, 6.07) is 2.55. The number of aromatic nitrogens is 2. The van der Waals surface area contributed by atoms with Crippen LogP contribution in [0.2, 0.25) is 0 Å². The number of aliphatic imine (C=N–C) groups is 1. The molecule has 4 nitrogen and oxygen atoms in total. The van der Waals surface area contributed by atoms with Crippen LogP contribution in [0.1, 0.15) is 56.8 Å². The molecule has 2 heterocycles. The lowest BCUT2D eigenvalue weighted by molar-refractivity contribution is 0.390. The molecule has 4 heteroatoms. The molecular formula is C15H24N4. The van der Waals surface area contributed by atoms with Crippen LogP contribution in [0.4, 0.5) is 0 Å². The summed E-state index contributed by atoms with van der Waals surface area (Å²) in [5.41, 5.74) is 9.15. The zero-order chi connectivity index (χ0) is 13.7. The van der Waals surface area contributed by atoms with E-state index in [0.717, 1.165) is 30.8 Å². The lowest BCUT2D eigenvalue weighted by Gasteiger charge is -2.24. The summed E-state index contributed by atoms with van der Waals surface area (Å²) in [6.45, 7) is 4.79. The fourth-order valence-corrected chi connectivity index (χ4v) is 2.64. The molecule has 0 saturated heterocycles. The Balaban J connectivity index is 0.000000637. The number of nitrogens with two attached hydrogens (primary N) is 1. The molecule has 0 unspecified atom stereocenters. The van der Waals surface area contributed by atoms with Crippen LogP contribution in [0.3, 0.4) is 0 Å². The van der Waals surface area contributed by atoms with Gasteiger partial charge in [0, 0.05) is 17.7 Å². The topological polar surface area (TPSA) is 67.1 Å². The summed E-state index contributed by atoms with van der Waals surface area (Å²) >= 11 is 0. The monoisotopic (exact) mass is 260 g/mol. The normalized spacial score (nSPS) is 25.7. The number of allylic oxidation sites excluding steroid dienone is 1. The molecule has 1 saturated carbocycles. The van der Waals surface area contributed by atoms with Crippen molar-refractivity contribution in [2.45, 2.75) is 51.5 Å². The summed E-state index contributed by atoms with van der Waals surface area (Å²) in [6.07, 6.45) is 8.69. The number of H-pyrrole nitrogens is 1. The first-order chi connectivity index (χ1) is 9.33. The van der Waals surface area contributed by atoms with Gasteiger partial charge in [-0.3, -0.25) is 10.1 Å². The molecule has 0 spiro atoms. The maximum atomic E-state index is 5.93. The lowest BCUT2D eigenvalue weighted by atomic mass is 9.84. The van der Waals surface area contributed by atoms with Gasteiger partial charge in [0.1, 0.15) is 5.69 Å². The van der Waals surface area contributed by atoms with E-state index in [4.69, 9.17) is 5.73 Å². The first-order valence-corrected chi connectivity index (χ1v) is 7.35. The third-order valence-electron chi connectivity index (χ3n) is 3.71. The van der Waals surface area contributed by atoms with Gasteiger partial charge in [0.2, 0.25) is 0 Å². The SMILES string of the molecule is CC.NC1CCC(c2cc(C3=NCC=C3)n[nH]2)CC1. The zero-order valence-corrected chi connectivity index (χ0v) is 11.9. The minimum atomic E-state index is 0.399. The number of nitrogens with zero attached hydrogens (tertiary/aromatic N) is 2. The van der Waals surface area contributed by atoms with Crippen LogP contribution in [-0.4, -0.2) is 28.5 Å². The van der Waals surface area contributed by atoms with Crippen molar-refractivity contribution < 1.29 is 0 Å². The highest BCUT2D eigenvalue weighted by Crippen LogP contribution is 2.31. The molecule has 2 aliphatic rings. The lowest BCUT2D eigenvalue weighted by Crippen LogP contribution is -2.25. The van der Waals surface area contributed by atoms with Gasteiger partial charge < -0.3 is 5.73 Å². The largest absolute Gasteiger partial charge is 0.328 e. The van der Waals surface area contributed by atoms with Crippen molar-refractivity contribution in [3.8, 4) is 0 Å². The highest BCUT2D eigenvalue weighted by molar-refractivity contribution is 6.08. The van der Waals surface area contributed by atoms with Crippen LogP contribution >= 0.6 is 0 Å². The third kappa shape index (κ3) is 3.32. The first kappa shape index (κ1) is 14.0. The first-order valence-electron chi connectivity index (χ1n) is 7.35. The van der Waals surface area contributed by atoms with Crippen LogP contribution in [0.25, 0.3) is 0 Å². The Morgan fingerprint density at radius 1 is 1.21 bits per heavy atom. The molecule has 3 rings (SSSR count). The maximum Gasteiger partial charge on any atom is 0.110 e. The van der Waals surface area contributed by atoms with Gasteiger partial charge in [-0.15, -0.1) is 0 Å². The standard InChI is InChI=1S/C13H18N4.C2H6/c14-10-5-3-9(4-6-10)12-8-13(17-16-12)11-2-1-7-15-11;1-2/h1-2,8-10H,3-7,14H2,(H,16,17);1-2H3. The molecule has 0 amide bonds. The number of hydrogen-bond donors (Lipinski definition) is 2. The van der Waals surface area contributed by atoms with Gasteiger partial charge in [-0.2, -0.15) is 5.10 Å². The predicted molar refractivity (Wildman–Crippen MR) is 79.7 cm³/mol. The number of hydrogen-bond acceptors (Lipinski definition) is 3. The predicted octanol–water partition coefficient (Wildman–Crippen LogP) is 2.78. The van der Waals surface area contributed by atoms with E-state index >= 15 is 0 Å². The Morgan fingerprint density at radius 2 is 1.95 bits per heavy atom. The maximum absolute atomic E-state index is 5.93. The Labute approximate surface area is 115 Å². The Bertz CT molecular complexity index is 450. The molecule has 0 atom stereocenters. The summed E-state index contributed by atoms with van der Waals surface area (Å²) in [4.78, 5) is 4.38. The molecule has 1 aromatic rings. The highest BCUT2D eigenvalue weighted by atomic mass is 15.1. The van der Waals surface area contributed by atoms with Crippen LogP contribution in [-0.2, 0) is 0 Å². The van der Waals surface area contributed by atoms with Crippen molar-refractivity contribution in [2.75, 3.05) is 6.54 Å². The summed E-state index contributed by atoms with van der Waals surface area (Å²) in [5, 5.41) is 7.52. The quantitative estimate of drug-likeness (QED) is 0.858. The van der Waals surface area contributed by atoms with Crippen LogP contribution in [0, 0.1) is 0 Å². The molecular weight excluding hydrogens is 236 g/mol. The van der Waals surface area contributed by atoms with Crippen molar-refractivity contribution in [3.05, 3.63) is 29.6 Å². The van der Waals surface area contributed by atoms with Crippen LogP contribution < -0.4 is 5.73 Å².